The predicted molar refractivity (Wildman–Crippen MR) is 112 cm³/mol. The molecule has 0 radical (unpaired) electrons. The minimum absolute atomic E-state index is 0.0521. The lowest BCUT2D eigenvalue weighted by Gasteiger charge is -2.16. The molecule has 1 atom stereocenters. The highest BCUT2D eigenvalue weighted by molar-refractivity contribution is 6.04. The van der Waals surface area contributed by atoms with Crippen molar-refractivity contribution in [2.75, 3.05) is 0 Å². The Balaban J connectivity index is 1.94. The van der Waals surface area contributed by atoms with Gasteiger partial charge < -0.3 is 8.98 Å². The fourth-order valence-electron chi connectivity index (χ4n) is 3.89. The van der Waals surface area contributed by atoms with E-state index in [1.807, 2.05) is 54.8 Å². The number of aromatic nitrogens is 5. The van der Waals surface area contributed by atoms with Crippen molar-refractivity contribution in [1.29, 1.82) is 0 Å². The molecule has 0 fully saturated rings. The molecule has 0 spiro atoms. The van der Waals surface area contributed by atoms with E-state index in [1.54, 1.807) is 10.8 Å². The zero-order valence-corrected chi connectivity index (χ0v) is 16.6. The van der Waals surface area contributed by atoms with E-state index in [0.717, 1.165) is 23.2 Å². The Morgan fingerprint density at radius 2 is 1.79 bits per heavy atom. The quantitative estimate of drug-likeness (QED) is 0.461. The van der Waals surface area contributed by atoms with Crippen LogP contribution in [0.5, 0.6) is 0 Å². The van der Waals surface area contributed by atoms with E-state index < -0.39 is 0 Å². The molecule has 4 heterocycles. The molecule has 0 aliphatic heterocycles. The number of fused-ring (bicyclic) bond motifs is 4. The Kier molecular flexibility index (Phi) is 3.97. The third kappa shape index (κ3) is 2.65. The summed E-state index contributed by atoms with van der Waals surface area (Å²) in [6.07, 6.45) is 2.48. The van der Waals surface area contributed by atoms with Crippen LogP contribution >= 0.6 is 0 Å². The number of hydrogen-bond acceptors (Lipinski definition) is 5. The van der Waals surface area contributed by atoms with Crippen LogP contribution in [0.3, 0.4) is 0 Å². The third-order valence-corrected chi connectivity index (χ3v) is 5.50. The topological polar surface area (TPSA) is 78.7 Å². The Bertz CT molecular complexity index is 1410. The molecular formula is C22H21N5O2. The van der Waals surface area contributed by atoms with Crippen molar-refractivity contribution in [2.24, 2.45) is 0 Å². The van der Waals surface area contributed by atoms with E-state index >= 15 is 0 Å². The van der Waals surface area contributed by atoms with Crippen molar-refractivity contribution in [3.05, 3.63) is 64.6 Å². The molecule has 7 heteroatoms. The minimum Gasteiger partial charge on any atom is -0.467 e. The summed E-state index contributed by atoms with van der Waals surface area (Å²) < 4.78 is 9.24. The summed E-state index contributed by atoms with van der Waals surface area (Å²) >= 11 is 0. The number of nitrogens with zero attached hydrogens (tertiary/aromatic N) is 5. The van der Waals surface area contributed by atoms with E-state index in [2.05, 4.69) is 6.92 Å². The second-order valence-corrected chi connectivity index (χ2v) is 7.34. The summed E-state index contributed by atoms with van der Waals surface area (Å²) in [4.78, 5) is 28.0. The smallest absolute Gasteiger partial charge is 0.265 e. The predicted octanol–water partition coefficient (Wildman–Crippen LogP) is 4.22. The maximum absolute atomic E-state index is 13.5. The summed E-state index contributed by atoms with van der Waals surface area (Å²) in [6.45, 7) is 6.40. The first-order chi connectivity index (χ1) is 14.1. The second-order valence-electron chi connectivity index (χ2n) is 7.34. The summed E-state index contributed by atoms with van der Waals surface area (Å²) in [5, 5.41) is 0.510. The molecule has 0 N–H and O–H groups in total. The van der Waals surface area contributed by atoms with Crippen LogP contribution in [0.25, 0.3) is 33.2 Å². The molecule has 1 aromatic carbocycles. The molecule has 7 nitrogen and oxygen atoms in total. The lowest BCUT2D eigenvalue weighted by Crippen LogP contribution is -2.26. The Morgan fingerprint density at radius 3 is 2.48 bits per heavy atom. The number of aryl methyl sites for hydroxylation is 1. The lowest BCUT2D eigenvalue weighted by atomic mass is 10.2. The molecule has 5 aromatic rings. The number of benzene rings is 1. The van der Waals surface area contributed by atoms with Gasteiger partial charge in [0.1, 0.15) is 22.5 Å². The Morgan fingerprint density at radius 1 is 1.03 bits per heavy atom. The maximum Gasteiger partial charge on any atom is 0.265 e. The van der Waals surface area contributed by atoms with Crippen molar-refractivity contribution in [1.82, 2.24) is 24.1 Å². The standard InChI is InChI=1S/C22H21N5O2/c1-4-13(2)27-14(3)23-20-18(22(27)28)19-21(26(20)12-15-8-7-11-29-15)25-17-10-6-5-9-16(17)24-19/h5-11,13H,4,12H2,1-3H3. The summed E-state index contributed by atoms with van der Waals surface area (Å²) in [7, 11) is 0. The second kappa shape index (κ2) is 6.55. The number of furan rings is 1. The number of rotatable bonds is 4. The van der Waals surface area contributed by atoms with Gasteiger partial charge in [-0.1, -0.05) is 19.1 Å². The van der Waals surface area contributed by atoms with Crippen LogP contribution < -0.4 is 5.56 Å². The molecule has 0 bridgehead atoms. The molecule has 0 amide bonds. The van der Waals surface area contributed by atoms with Crippen LogP contribution in [0.1, 0.15) is 37.9 Å². The highest BCUT2D eigenvalue weighted by Crippen LogP contribution is 2.27. The maximum atomic E-state index is 13.5. The van der Waals surface area contributed by atoms with Crippen LogP contribution in [0.4, 0.5) is 0 Å². The van der Waals surface area contributed by atoms with Crippen molar-refractivity contribution in [3.8, 4) is 0 Å². The molecule has 5 rings (SSSR count). The van der Waals surface area contributed by atoms with Crippen molar-refractivity contribution in [2.45, 2.75) is 39.8 Å². The van der Waals surface area contributed by atoms with E-state index in [1.165, 1.54) is 0 Å². The third-order valence-electron chi connectivity index (χ3n) is 5.50. The van der Waals surface area contributed by atoms with Crippen LogP contribution in [-0.2, 0) is 6.54 Å². The molecule has 29 heavy (non-hydrogen) atoms. The Labute approximate surface area is 166 Å². The zero-order valence-electron chi connectivity index (χ0n) is 16.6. The molecule has 1 unspecified atom stereocenters. The van der Waals surface area contributed by atoms with E-state index in [9.17, 15) is 4.79 Å². The molecule has 146 valence electrons. The molecule has 0 aliphatic carbocycles. The lowest BCUT2D eigenvalue weighted by molar-refractivity contribution is 0.491. The number of hydrogen-bond donors (Lipinski definition) is 0. The average molecular weight is 387 g/mol. The van der Waals surface area contributed by atoms with Gasteiger partial charge in [0.05, 0.1) is 23.8 Å². The van der Waals surface area contributed by atoms with Gasteiger partial charge in [-0.15, -0.1) is 0 Å². The number of para-hydroxylation sites is 2. The molecule has 0 saturated carbocycles. The zero-order chi connectivity index (χ0) is 20.1. The van der Waals surface area contributed by atoms with Gasteiger partial charge in [0.2, 0.25) is 0 Å². The van der Waals surface area contributed by atoms with Crippen LogP contribution in [0.2, 0.25) is 0 Å². The van der Waals surface area contributed by atoms with Crippen molar-refractivity contribution >= 4 is 33.2 Å². The average Bonchev–Trinajstić information content (AvgIpc) is 3.33. The van der Waals surface area contributed by atoms with Gasteiger partial charge in [-0.25, -0.2) is 15.0 Å². The molecule has 0 aliphatic rings. The van der Waals surface area contributed by atoms with Gasteiger partial charge >= 0.3 is 0 Å². The SMILES string of the molecule is CCC(C)n1c(C)nc2c(c1=O)c1nc3ccccc3nc1n2Cc1ccco1. The normalized spacial score (nSPS) is 12.9. The Hall–Kier alpha value is -3.48. The fourth-order valence-corrected chi connectivity index (χ4v) is 3.89. The van der Waals surface area contributed by atoms with E-state index in [-0.39, 0.29) is 11.6 Å². The van der Waals surface area contributed by atoms with Crippen LogP contribution in [-0.4, -0.2) is 24.1 Å². The van der Waals surface area contributed by atoms with Gasteiger partial charge in [0.25, 0.3) is 5.56 Å². The molecule has 4 aromatic heterocycles. The van der Waals surface area contributed by atoms with E-state index in [0.29, 0.717) is 34.6 Å². The largest absolute Gasteiger partial charge is 0.467 e. The molecule has 0 saturated heterocycles. The first-order valence-electron chi connectivity index (χ1n) is 9.78. The first-order valence-corrected chi connectivity index (χ1v) is 9.78. The molecular weight excluding hydrogens is 366 g/mol. The van der Waals surface area contributed by atoms with Gasteiger partial charge in [-0.2, -0.15) is 0 Å². The summed E-state index contributed by atoms with van der Waals surface area (Å²) in [5.41, 5.74) is 3.28. The summed E-state index contributed by atoms with van der Waals surface area (Å²) in [6, 6.07) is 11.5. The highest BCUT2D eigenvalue weighted by atomic mass is 16.3. The van der Waals surface area contributed by atoms with Gasteiger partial charge in [0.15, 0.2) is 11.3 Å². The monoisotopic (exact) mass is 387 g/mol. The first kappa shape index (κ1) is 17.6. The van der Waals surface area contributed by atoms with Crippen LogP contribution in [0, 0.1) is 6.92 Å². The van der Waals surface area contributed by atoms with Gasteiger partial charge in [-0.3, -0.25) is 9.36 Å². The minimum atomic E-state index is -0.0744. The van der Waals surface area contributed by atoms with Gasteiger partial charge in [0, 0.05) is 6.04 Å². The summed E-state index contributed by atoms with van der Waals surface area (Å²) in [5.74, 6) is 1.45. The van der Waals surface area contributed by atoms with Crippen molar-refractivity contribution < 1.29 is 4.42 Å². The van der Waals surface area contributed by atoms with E-state index in [4.69, 9.17) is 19.4 Å². The van der Waals surface area contributed by atoms with Crippen molar-refractivity contribution in [3.63, 3.8) is 0 Å². The van der Waals surface area contributed by atoms with Gasteiger partial charge in [-0.05, 0) is 44.5 Å². The van der Waals surface area contributed by atoms with Crippen LogP contribution in [0.15, 0.2) is 51.9 Å². The highest BCUT2D eigenvalue weighted by Gasteiger charge is 2.23. The fraction of sp³-hybridized carbons (Fsp3) is 0.273.